The van der Waals surface area contributed by atoms with Crippen LogP contribution in [0.15, 0.2) is 0 Å². The van der Waals surface area contributed by atoms with E-state index in [2.05, 4.69) is 19.2 Å². The van der Waals surface area contributed by atoms with Gasteiger partial charge in [-0.1, -0.05) is 26.7 Å². The number of nitrogens with one attached hydrogen (secondary N) is 1. The first kappa shape index (κ1) is 17.2. The van der Waals surface area contributed by atoms with Gasteiger partial charge in [-0.2, -0.15) is 0 Å². The molecule has 0 heterocycles. The van der Waals surface area contributed by atoms with Crippen molar-refractivity contribution < 1.29 is 9.53 Å². The number of likely N-dealkylation sites (N-methyl/N-ethyl adjacent to an activating group) is 1. The van der Waals surface area contributed by atoms with E-state index in [1.54, 1.807) is 11.9 Å². The first-order valence-electron chi connectivity index (χ1n) is 6.95. The molecule has 4 heteroatoms. The van der Waals surface area contributed by atoms with Gasteiger partial charge in [0, 0.05) is 20.1 Å². The minimum atomic E-state index is -0.422. The van der Waals surface area contributed by atoms with Crippen molar-refractivity contribution in [3.63, 3.8) is 0 Å². The van der Waals surface area contributed by atoms with Gasteiger partial charge in [0.05, 0.1) is 0 Å². The molecule has 0 saturated carbocycles. The van der Waals surface area contributed by atoms with Crippen LogP contribution in [0, 0.1) is 5.92 Å². The molecule has 1 amide bonds. The Morgan fingerprint density at radius 3 is 2.28 bits per heavy atom. The van der Waals surface area contributed by atoms with Gasteiger partial charge in [-0.05, 0) is 33.2 Å². The van der Waals surface area contributed by atoms with Crippen LogP contribution in [0.1, 0.15) is 47.5 Å². The molecule has 0 spiro atoms. The summed E-state index contributed by atoms with van der Waals surface area (Å²) in [6, 6.07) is 0. The molecule has 4 nitrogen and oxygen atoms in total. The van der Waals surface area contributed by atoms with Crippen molar-refractivity contribution >= 4 is 6.09 Å². The number of amides is 1. The summed E-state index contributed by atoms with van der Waals surface area (Å²) in [5, 5.41) is 3.39. The lowest BCUT2D eigenvalue weighted by molar-refractivity contribution is 0.0300. The molecule has 0 radical (unpaired) electrons. The highest BCUT2D eigenvalue weighted by Gasteiger charge is 2.19. The fourth-order valence-electron chi connectivity index (χ4n) is 1.56. The summed E-state index contributed by atoms with van der Waals surface area (Å²) in [7, 11) is 1.77. The summed E-state index contributed by atoms with van der Waals surface area (Å²) < 4.78 is 5.28. The van der Waals surface area contributed by atoms with Crippen molar-refractivity contribution in [1.29, 1.82) is 0 Å². The summed E-state index contributed by atoms with van der Waals surface area (Å²) in [6.07, 6.45) is 2.14. The van der Waals surface area contributed by atoms with Crippen molar-refractivity contribution in [2.45, 2.75) is 53.1 Å². The number of carbonyl (C=O) groups excluding carboxylic acids is 1. The highest BCUT2D eigenvalue weighted by Crippen LogP contribution is 2.08. The van der Waals surface area contributed by atoms with E-state index in [1.165, 1.54) is 12.8 Å². The Labute approximate surface area is 112 Å². The van der Waals surface area contributed by atoms with Gasteiger partial charge in [-0.3, -0.25) is 0 Å². The van der Waals surface area contributed by atoms with E-state index in [0.717, 1.165) is 19.0 Å². The lowest BCUT2D eigenvalue weighted by atomic mass is 10.0. The van der Waals surface area contributed by atoms with Gasteiger partial charge in [0.15, 0.2) is 0 Å². The number of rotatable bonds is 7. The minimum absolute atomic E-state index is 0.258. The van der Waals surface area contributed by atoms with Crippen molar-refractivity contribution in [1.82, 2.24) is 10.2 Å². The Morgan fingerprint density at radius 1 is 1.28 bits per heavy atom. The Balaban J connectivity index is 3.76. The third kappa shape index (κ3) is 8.34. The minimum Gasteiger partial charge on any atom is -0.444 e. The fraction of sp³-hybridized carbons (Fsp3) is 0.929. The molecule has 0 aromatic carbocycles. The van der Waals surface area contributed by atoms with Gasteiger partial charge in [-0.25, -0.2) is 4.79 Å². The van der Waals surface area contributed by atoms with Crippen LogP contribution in [0.3, 0.4) is 0 Å². The average Bonchev–Trinajstić information content (AvgIpc) is 2.26. The largest absolute Gasteiger partial charge is 0.444 e. The quantitative estimate of drug-likeness (QED) is 0.714. The third-order valence-corrected chi connectivity index (χ3v) is 2.92. The molecule has 0 aliphatic carbocycles. The maximum absolute atomic E-state index is 11.7. The number of nitrogens with zero attached hydrogens (tertiary/aromatic N) is 1. The van der Waals surface area contributed by atoms with Crippen molar-refractivity contribution in [2.75, 3.05) is 26.7 Å². The van der Waals surface area contributed by atoms with Crippen LogP contribution >= 0.6 is 0 Å². The van der Waals surface area contributed by atoms with Crippen LogP contribution in [-0.2, 0) is 4.74 Å². The highest BCUT2D eigenvalue weighted by atomic mass is 16.6. The molecular weight excluding hydrogens is 228 g/mol. The van der Waals surface area contributed by atoms with E-state index in [1.807, 2.05) is 20.8 Å². The van der Waals surface area contributed by atoms with Gasteiger partial charge < -0.3 is 15.0 Å². The first-order chi connectivity index (χ1) is 8.30. The smallest absolute Gasteiger partial charge is 0.410 e. The van der Waals surface area contributed by atoms with E-state index >= 15 is 0 Å². The molecular formula is C14H30N2O2. The Hall–Kier alpha value is -0.770. The summed E-state index contributed by atoms with van der Waals surface area (Å²) in [5.74, 6) is 0.733. The maximum Gasteiger partial charge on any atom is 0.410 e. The van der Waals surface area contributed by atoms with Gasteiger partial charge in [0.25, 0.3) is 0 Å². The molecule has 0 atom stereocenters. The predicted molar refractivity (Wildman–Crippen MR) is 75.8 cm³/mol. The predicted octanol–water partition coefficient (Wildman–Crippen LogP) is 2.88. The lowest BCUT2D eigenvalue weighted by Crippen LogP contribution is -2.38. The average molecular weight is 258 g/mol. The molecule has 108 valence electrons. The summed E-state index contributed by atoms with van der Waals surface area (Å²) >= 11 is 0. The molecule has 18 heavy (non-hydrogen) atoms. The standard InChI is InChI=1S/C14H30N2O2/c1-7-12(8-2)11-15-9-10-16(6)13(17)18-14(3,4)5/h12,15H,7-11H2,1-6H3. The number of hydrogen-bond acceptors (Lipinski definition) is 3. The number of carbonyl (C=O) groups is 1. The molecule has 0 aliphatic rings. The van der Waals surface area contributed by atoms with Gasteiger partial charge in [0.2, 0.25) is 0 Å². The Kier molecular flexibility index (Phi) is 8.00. The zero-order valence-electron chi connectivity index (χ0n) is 12.9. The number of hydrogen-bond donors (Lipinski definition) is 1. The topological polar surface area (TPSA) is 41.6 Å². The number of ether oxygens (including phenoxy) is 1. The molecule has 1 N–H and O–H groups in total. The highest BCUT2D eigenvalue weighted by molar-refractivity contribution is 5.67. The summed E-state index contributed by atoms with van der Waals surface area (Å²) in [6.45, 7) is 12.6. The van der Waals surface area contributed by atoms with E-state index in [-0.39, 0.29) is 6.09 Å². The monoisotopic (exact) mass is 258 g/mol. The van der Waals surface area contributed by atoms with Gasteiger partial charge in [0.1, 0.15) is 5.60 Å². The third-order valence-electron chi connectivity index (χ3n) is 2.92. The second kappa shape index (κ2) is 8.35. The molecule has 0 fully saturated rings. The van der Waals surface area contributed by atoms with Gasteiger partial charge >= 0.3 is 6.09 Å². The van der Waals surface area contributed by atoms with E-state index < -0.39 is 5.60 Å². The van der Waals surface area contributed by atoms with Crippen LogP contribution in [0.5, 0.6) is 0 Å². The SMILES string of the molecule is CCC(CC)CNCCN(C)C(=O)OC(C)(C)C. The summed E-state index contributed by atoms with van der Waals surface area (Å²) in [4.78, 5) is 13.3. The normalized spacial score (nSPS) is 11.7. The molecule has 0 unspecified atom stereocenters. The van der Waals surface area contributed by atoms with Crippen molar-refractivity contribution in [2.24, 2.45) is 5.92 Å². The second-order valence-electron chi connectivity index (χ2n) is 5.79. The zero-order valence-corrected chi connectivity index (χ0v) is 12.9. The first-order valence-corrected chi connectivity index (χ1v) is 6.95. The zero-order chi connectivity index (χ0) is 14.2. The Bertz CT molecular complexity index is 232. The Morgan fingerprint density at radius 2 is 1.83 bits per heavy atom. The lowest BCUT2D eigenvalue weighted by Gasteiger charge is -2.25. The molecule has 0 saturated heterocycles. The van der Waals surface area contributed by atoms with Gasteiger partial charge in [-0.15, -0.1) is 0 Å². The van der Waals surface area contributed by atoms with Crippen LogP contribution in [0.25, 0.3) is 0 Å². The maximum atomic E-state index is 11.7. The van der Waals surface area contributed by atoms with E-state index in [9.17, 15) is 4.79 Å². The molecule has 0 aromatic heterocycles. The van der Waals surface area contributed by atoms with Crippen molar-refractivity contribution in [3.05, 3.63) is 0 Å². The molecule has 0 aromatic rings. The molecule has 0 aliphatic heterocycles. The van der Waals surface area contributed by atoms with Crippen LogP contribution < -0.4 is 5.32 Å². The van der Waals surface area contributed by atoms with Crippen LogP contribution in [0.4, 0.5) is 4.79 Å². The van der Waals surface area contributed by atoms with Crippen LogP contribution in [-0.4, -0.2) is 43.3 Å². The van der Waals surface area contributed by atoms with E-state index in [0.29, 0.717) is 6.54 Å². The second-order valence-corrected chi connectivity index (χ2v) is 5.79. The van der Waals surface area contributed by atoms with Crippen LogP contribution in [0.2, 0.25) is 0 Å². The summed E-state index contributed by atoms with van der Waals surface area (Å²) in [5.41, 5.74) is -0.422. The molecule has 0 bridgehead atoms. The fourth-order valence-corrected chi connectivity index (χ4v) is 1.56. The van der Waals surface area contributed by atoms with E-state index in [4.69, 9.17) is 4.74 Å². The van der Waals surface area contributed by atoms with Crippen molar-refractivity contribution in [3.8, 4) is 0 Å². The molecule has 0 rings (SSSR count).